The summed E-state index contributed by atoms with van der Waals surface area (Å²) in [5.41, 5.74) is 0.614. The van der Waals surface area contributed by atoms with Gasteiger partial charge in [-0.3, -0.25) is 4.79 Å². The number of anilines is 4. The molecule has 0 spiro atoms. The number of piperidine rings is 1. The third-order valence-corrected chi connectivity index (χ3v) is 8.48. The zero-order valence-corrected chi connectivity index (χ0v) is 27.0. The Bertz CT molecular complexity index is 1230. The van der Waals surface area contributed by atoms with E-state index in [1.807, 2.05) is 30.7 Å². The number of aromatic nitrogens is 4. The monoisotopic (exact) mass is 619 g/mol. The van der Waals surface area contributed by atoms with Crippen LogP contribution in [0.15, 0.2) is 0 Å². The highest BCUT2D eigenvalue weighted by Gasteiger charge is 2.38. The summed E-state index contributed by atoms with van der Waals surface area (Å²) in [6.45, 7) is 8.33. The molecule has 2 aliphatic heterocycles. The first-order valence-electron chi connectivity index (χ1n) is 15.3. The van der Waals surface area contributed by atoms with E-state index in [1.54, 1.807) is 31.1 Å². The summed E-state index contributed by atoms with van der Waals surface area (Å²) in [5.74, 6) is 1.97. The van der Waals surface area contributed by atoms with Crippen LogP contribution in [0.2, 0.25) is 0 Å². The van der Waals surface area contributed by atoms with Gasteiger partial charge in [0.15, 0.2) is 11.6 Å². The average molecular weight is 620 g/mol. The molecule has 4 rings (SSSR count). The van der Waals surface area contributed by atoms with Gasteiger partial charge in [-0.25, -0.2) is 9.97 Å². The predicted octanol–water partition coefficient (Wildman–Crippen LogP) is -0.0178. The van der Waals surface area contributed by atoms with E-state index >= 15 is 0 Å². The van der Waals surface area contributed by atoms with E-state index in [0.29, 0.717) is 80.5 Å². The van der Waals surface area contributed by atoms with Crippen LogP contribution in [0.1, 0.15) is 26.7 Å². The van der Waals surface area contributed by atoms with E-state index in [9.17, 15) is 15.0 Å². The molecule has 0 saturated carbocycles. The second-order valence-electron chi connectivity index (χ2n) is 11.8. The number of methoxy groups -OCH3 is 3. The summed E-state index contributed by atoms with van der Waals surface area (Å²) in [5, 5.41) is 19.6. The molecule has 0 unspecified atom stereocenters. The molecule has 4 heterocycles. The van der Waals surface area contributed by atoms with Gasteiger partial charge in [-0.2, -0.15) is 9.97 Å². The number of carbonyl (C=O) groups is 1. The Hall–Kier alpha value is -3.11. The number of aliphatic hydroxyl groups excluding tert-OH is 2. The first-order chi connectivity index (χ1) is 21.2. The molecule has 0 radical (unpaired) electrons. The van der Waals surface area contributed by atoms with Crippen LogP contribution >= 0.6 is 0 Å². The van der Waals surface area contributed by atoms with Crippen LogP contribution in [0.3, 0.4) is 0 Å². The molecule has 0 atom stereocenters. The van der Waals surface area contributed by atoms with Gasteiger partial charge in [-0.1, -0.05) is 0 Å². The average Bonchev–Trinajstić information content (AvgIpc) is 3.02. The number of piperazine rings is 1. The zero-order valence-electron chi connectivity index (χ0n) is 27.0. The van der Waals surface area contributed by atoms with Gasteiger partial charge in [-0.05, 0) is 26.7 Å². The van der Waals surface area contributed by atoms with Crippen LogP contribution in [0.5, 0.6) is 0 Å². The van der Waals surface area contributed by atoms with Crippen LogP contribution in [0.4, 0.5) is 23.5 Å². The number of fused-ring (bicyclic) bond motifs is 1. The third-order valence-electron chi connectivity index (χ3n) is 8.48. The smallest absolute Gasteiger partial charge is 0.242 e. The quantitative estimate of drug-likeness (QED) is 0.275. The molecule has 2 aliphatic rings. The summed E-state index contributed by atoms with van der Waals surface area (Å²) in [4.78, 5) is 43.0. The van der Waals surface area contributed by atoms with Gasteiger partial charge >= 0.3 is 0 Å². The molecule has 2 fully saturated rings. The maximum absolute atomic E-state index is 13.2. The summed E-state index contributed by atoms with van der Waals surface area (Å²) in [6, 6.07) is 0. The van der Waals surface area contributed by atoms with Crippen molar-refractivity contribution in [1.82, 2.24) is 24.8 Å². The van der Waals surface area contributed by atoms with Gasteiger partial charge in [0.05, 0.1) is 44.6 Å². The van der Waals surface area contributed by atoms with Gasteiger partial charge in [0.25, 0.3) is 0 Å². The molecule has 1 amide bonds. The first-order valence-corrected chi connectivity index (χ1v) is 15.3. The molecule has 2 saturated heterocycles. The lowest BCUT2D eigenvalue weighted by Gasteiger charge is -2.45. The molecular weight excluding hydrogens is 570 g/mol. The fourth-order valence-electron chi connectivity index (χ4n) is 5.64. The number of hydrogen-bond donors (Lipinski definition) is 2. The lowest BCUT2D eigenvalue weighted by Crippen LogP contribution is -2.60. The SMILES string of the molecule is COCCN(CCOC)c1nc(N2CCC(OC)CC2)c2nc(N(CCO)CCO)nc(N3CC(=O)N(C)C(C)(C)C3)c2n1. The number of ether oxygens (including phenoxy) is 3. The van der Waals surface area contributed by atoms with E-state index in [1.165, 1.54) is 0 Å². The number of aliphatic hydroxyl groups is 2. The number of likely N-dealkylation sites (N-methyl/N-ethyl adjacent to an activating group) is 1. The zero-order chi connectivity index (χ0) is 31.9. The number of amides is 1. The molecule has 2 aromatic heterocycles. The van der Waals surface area contributed by atoms with Crippen molar-refractivity contribution in [2.75, 3.05) is 127 Å². The largest absolute Gasteiger partial charge is 0.395 e. The number of rotatable bonds is 15. The second-order valence-corrected chi connectivity index (χ2v) is 11.8. The maximum Gasteiger partial charge on any atom is 0.242 e. The van der Waals surface area contributed by atoms with Crippen LogP contribution in [0.25, 0.3) is 11.0 Å². The fraction of sp³-hybridized carbons (Fsp3) is 0.759. The highest BCUT2D eigenvalue weighted by molar-refractivity contribution is 5.97. The van der Waals surface area contributed by atoms with E-state index in [-0.39, 0.29) is 44.9 Å². The minimum atomic E-state index is -0.466. The minimum Gasteiger partial charge on any atom is -0.395 e. The van der Waals surface area contributed by atoms with Gasteiger partial charge in [0.1, 0.15) is 11.0 Å². The van der Waals surface area contributed by atoms with Crippen molar-refractivity contribution in [1.29, 1.82) is 0 Å². The van der Waals surface area contributed by atoms with Gasteiger partial charge in [-0.15, -0.1) is 0 Å². The van der Waals surface area contributed by atoms with Gasteiger partial charge in [0.2, 0.25) is 17.8 Å². The molecular formula is C29H49N9O6. The molecule has 0 aliphatic carbocycles. The topological polar surface area (TPSA) is 153 Å². The predicted molar refractivity (Wildman–Crippen MR) is 169 cm³/mol. The fourth-order valence-corrected chi connectivity index (χ4v) is 5.64. The number of carbonyl (C=O) groups excluding carboxylic acids is 1. The van der Waals surface area contributed by atoms with Gasteiger partial charge < -0.3 is 48.9 Å². The molecule has 15 heteroatoms. The van der Waals surface area contributed by atoms with Crippen LogP contribution in [-0.2, 0) is 19.0 Å². The molecule has 2 aromatic rings. The molecule has 0 aromatic carbocycles. The van der Waals surface area contributed by atoms with E-state index in [2.05, 4.69) is 4.90 Å². The van der Waals surface area contributed by atoms with Crippen LogP contribution < -0.4 is 19.6 Å². The second kappa shape index (κ2) is 15.3. The highest BCUT2D eigenvalue weighted by atomic mass is 16.5. The van der Waals surface area contributed by atoms with Gasteiger partial charge in [0, 0.05) is 74.2 Å². The molecule has 0 bridgehead atoms. The Morgan fingerprint density at radius 3 is 1.77 bits per heavy atom. The van der Waals surface area contributed by atoms with E-state index in [4.69, 9.17) is 34.1 Å². The molecule has 2 N–H and O–H groups in total. The van der Waals surface area contributed by atoms with Crippen molar-refractivity contribution in [3.05, 3.63) is 0 Å². The van der Waals surface area contributed by atoms with Crippen molar-refractivity contribution >= 4 is 40.5 Å². The maximum atomic E-state index is 13.2. The highest BCUT2D eigenvalue weighted by Crippen LogP contribution is 2.36. The van der Waals surface area contributed by atoms with Crippen molar-refractivity contribution in [2.45, 2.75) is 38.3 Å². The molecule has 44 heavy (non-hydrogen) atoms. The van der Waals surface area contributed by atoms with Crippen LogP contribution in [0, 0.1) is 0 Å². The Balaban J connectivity index is 1.97. The number of hydrogen-bond acceptors (Lipinski definition) is 14. The van der Waals surface area contributed by atoms with Crippen molar-refractivity contribution in [3.8, 4) is 0 Å². The van der Waals surface area contributed by atoms with Crippen LogP contribution in [-0.4, -0.2) is 160 Å². The Morgan fingerprint density at radius 2 is 1.32 bits per heavy atom. The lowest BCUT2D eigenvalue weighted by molar-refractivity contribution is -0.135. The standard InChI is InChI=1S/C29H49N9O6/c1-29(2)20-38(19-22(41)34(29)3)26-24-23(30-27(33-26)36(11-15-39)12-16-40)25(35-9-7-21(44-6)8-10-35)32-28(31-24)37(13-17-42-4)14-18-43-5/h21,39-40H,7-20H2,1-6H3. The first kappa shape index (κ1) is 33.8. The van der Waals surface area contributed by atoms with Crippen molar-refractivity contribution in [2.24, 2.45) is 0 Å². The summed E-state index contributed by atoms with van der Waals surface area (Å²) in [6.07, 6.45) is 1.84. The lowest BCUT2D eigenvalue weighted by atomic mass is 9.99. The minimum absolute atomic E-state index is 0.0323. The van der Waals surface area contributed by atoms with E-state index in [0.717, 1.165) is 12.8 Å². The van der Waals surface area contributed by atoms with Crippen molar-refractivity contribution in [3.63, 3.8) is 0 Å². The Kier molecular flexibility index (Phi) is 11.7. The Morgan fingerprint density at radius 1 is 0.818 bits per heavy atom. The normalized spacial score (nSPS) is 17.5. The third kappa shape index (κ3) is 7.57. The Labute approximate surface area is 259 Å². The summed E-state index contributed by atoms with van der Waals surface area (Å²) >= 11 is 0. The summed E-state index contributed by atoms with van der Waals surface area (Å²) in [7, 11) is 6.87. The summed E-state index contributed by atoms with van der Waals surface area (Å²) < 4.78 is 16.4. The number of nitrogens with zero attached hydrogens (tertiary/aromatic N) is 9. The molecule has 246 valence electrons. The molecule has 15 nitrogen and oxygen atoms in total. The van der Waals surface area contributed by atoms with E-state index < -0.39 is 5.54 Å². The van der Waals surface area contributed by atoms with Crippen molar-refractivity contribution < 1.29 is 29.2 Å².